The van der Waals surface area contributed by atoms with Gasteiger partial charge in [0.1, 0.15) is 5.82 Å². The van der Waals surface area contributed by atoms with E-state index in [1.54, 1.807) is 11.8 Å². The molecule has 128 valence electrons. The number of amides is 1. The number of H-pyrrole nitrogens is 1. The van der Waals surface area contributed by atoms with E-state index in [9.17, 15) is 4.79 Å². The fourth-order valence-electron chi connectivity index (χ4n) is 3.47. The number of aromatic amines is 1. The number of para-hydroxylation sites is 2. The number of imidazole rings is 1. The monoisotopic (exact) mass is 344 g/mol. The smallest absolute Gasteiger partial charge is 0.232 e. The Balaban J connectivity index is 1.19. The fourth-order valence-corrected chi connectivity index (χ4v) is 4.36. The van der Waals surface area contributed by atoms with E-state index >= 15 is 0 Å². The molecule has 3 heterocycles. The average Bonchev–Trinajstić information content (AvgIpc) is 3.19. The van der Waals surface area contributed by atoms with Crippen LogP contribution in [-0.2, 0) is 4.79 Å². The van der Waals surface area contributed by atoms with Crippen LogP contribution in [0.5, 0.6) is 0 Å². The van der Waals surface area contributed by atoms with E-state index in [4.69, 9.17) is 0 Å². The van der Waals surface area contributed by atoms with Crippen LogP contribution in [0.15, 0.2) is 24.3 Å². The molecule has 0 radical (unpaired) electrons. The van der Waals surface area contributed by atoms with E-state index in [2.05, 4.69) is 14.9 Å². The molecule has 6 heteroatoms. The fraction of sp³-hybridized carbons (Fsp3) is 0.556. The summed E-state index contributed by atoms with van der Waals surface area (Å²) in [7, 11) is 0. The lowest BCUT2D eigenvalue weighted by Gasteiger charge is -2.38. The molecule has 0 saturated carbocycles. The first kappa shape index (κ1) is 16.0. The number of carbonyl (C=O) groups excluding carboxylic acids is 1. The van der Waals surface area contributed by atoms with Gasteiger partial charge in [0.15, 0.2) is 0 Å². The minimum Gasteiger partial charge on any atom is -0.342 e. The molecule has 2 aliphatic heterocycles. The van der Waals surface area contributed by atoms with E-state index in [1.807, 2.05) is 29.2 Å². The van der Waals surface area contributed by atoms with Gasteiger partial charge in [-0.2, -0.15) is 11.8 Å². The lowest BCUT2D eigenvalue weighted by Crippen LogP contribution is -2.49. The Kier molecular flexibility index (Phi) is 4.76. The van der Waals surface area contributed by atoms with Crippen molar-refractivity contribution in [2.75, 3.05) is 44.2 Å². The molecule has 0 spiro atoms. The van der Waals surface area contributed by atoms with Crippen molar-refractivity contribution >= 4 is 28.7 Å². The van der Waals surface area contributed by atoms with Crippen LogP contribution in [0, 0.1) is 0 Å². The molecule has 1 amide bonds. The number of rotatable bonds is 6. The molecule has 1 aromatic carbocycles. The van der Waals surface area contributed by atoms with Gasteiger partial charge in [0.25, 0.3) is 0 Å². The molecule has 2 aromatic rings. The molecule has 0 unspecified atom stereocenters. The zero-order valence-electron chi connectivity index (χ0n) is 13.9. The molecule has 5 nitrogen and oxygen atoms in total. The van der Waals surface area contributed by atoms with Gasteiger partial charge in [-0.05, 0) is 38.1 Å². The van der Waals surface area contributed by atoms with Crippen LogP contribution in [0.25, 0.3) is 11.0 Å². The highest BCUT2D eigenvalue weighted by Gasteiger charge is 2.33. The highest BCUT2D eigenvalue weighted by molar-refractivity contribution is 7.99. The minimum atomic E-state index is 0.272. The number of nitrogens with zero attached hydrogens (tertiary/aromatic N) is 3. The molecule has 0 bridgehead atoms. The zero-order chi connectivity index (χ0) is 16.4. The third-order valence-corrected chi connectivity index (χ3v) is 5.93. The first-order valence-corrected chi connectivity index (χ1v) is 9.97. The van der Waals surface area contributed by atoms with Crippen molar-refractivity contribution in [3.05, 3.63) is 30.1 Å². The Morgan fingerprint density at radius 1 is 1.25 bits per heavy atom. The summed E-state index contributed by atoms with van der Waals surface area (Å²) in [5, 5.41) is 0. The number of carbonyl (C=O) groups is 1. The lowest BCUT2D eigenvalue weighted by atomic mass is 10.00. The molecular weight excluding hydrogens is 320 g/mol. The van der Waals surface area contributed by atoms with Crippen molar-refractivity contribution in [3.63, 3.8) is 0 Å². The molecule has 1 aromatic heterocycles. The maximum absolute atomic E-state index is 12.2. The molecule has 0 atom stereocenters. The van der Waals surface area contributed by atoms with Gasteiger partial charge in [0.2, 0.25) is 5.91 Å². The Labute approximate surface area is 146 Å². The van der Waals surface area contributed by atoms with Crippen LogP contribution in [0.4, 0.5) is 0 Å². The van der Waals surface area contributed by atoms with E-state index in [0.29, 0.717) is 11.7 Å². The van der Waals surface area contributed by atoms with Gasteiger partial charge in [0, 0.05) is 25.4 Å². The lowest BCUT2D eigenvalue weighted by molar-refractivity contribution is -0.132. The van der Waals surface area contributed by atoms with Gasteiger partial charge in [-0.1, -0.05) is 12.1 Å². The van der Waals surface area contributed by atoms with Crippen LogP contribution >= 0.6 is 11.8 Å². The summed E-state index contributed by atoms with van der Waals surface area (Å²) in [6, 6.07) is 8.08. The Bertz CT molecular complexity index is 671. The van der Waals surface area contributed by atoms with Crippen LogP contribution in [0.2, 0.25) is 0 Å². The number of likely N-dealkylation sites (tertiary alicyclic amines) is 2. The summed E-state index contributed by atoms with van der Waals surface area (Å²) in [4.78, 5) is 24.7. The van der Waals surface area contributed by atoms with Gasteiger partial charge in [-0.15, -0.1) is 0 Å². The molecular formula is C18H24N4OS. The molecule has 2 fully saturated rings. The van der Waals surface area contributed by atoms with Crippen molar-refractivity contribution in [2.24, 2.45) is 0 Å². The van der Waals surface area contributed by atoms with E-state index in [1.165, 1.54) is 25.9 Å². The zero-order valence-corrected chi connectivity index (χ0v) is 14.7. The van der Waals surface area contributed by atoms with Gasteiger partial charge in [-0.3, -0.25) is 4.79 Å². The van der Waals surface area contributed by atoms with E-state index in [0.717, 1.165) is 42.2 Å². The second-order valence-corrected chi connectivity index (χ2v) is 7.84. The summed E-state index contributed by atoms with van der Waals surface area (Å²) < 4.78 is 0. The minimum absolute atomic E-state index is 0.272. The van der Waals surface area contributed by atoms with Crippen molar-refractivity contribution in [3.8, 4) is 0 Å². The van der Waals surface area contributed by atoms with Crippen molar-refractivity contribution in [2.45, 2.75) is 18.8 Å². The predicted octanol–water partition coefficient (Wildman–Crippen LogP) is 2.32. The van der Waals surface area contributed by atoms with Crippen LogP contribution in [0.1, 0.15) is 24.6 Å². The van der Waals surface area contributed by atoms with Gasteiger partial charge in [-0.25, -0.2) is 4.98 Å². The molecule has 2 saturated heterocycles. The third kappa shape index (κ3) is 3.44. The largest absolute Gasteiger partial charge is 0.342 e. The van der Waals surface area contributed by atoms with Crippen molar-refractivity contribution in [1.29, 1.82) is 0 Å². The summed E-state index contributed by atoms with van der Waals surface area (Å²) in [6.07, 6.45) is 2.67. The second kappa shape index (κ2) is 7.15. The quantitative estimate of drug-likeness (QED) is 0.817. The SMILES string of the molecule is O=C(CSCCN1CCCC1)N1CC(c2nc3ccccc3[nH]2)C1. The first-order valence-electron chi connectivity index (χ1n) is 8.82. The highest BCUT2D eigenvalue weighted by atomic mass is 32.2. The topological polar surface area (TPSA) is 52.2 Å². The molecule has 1 N–H and O–H groups in total. The van der Waals surface area contributed by atoms with Crippen molar-refractivity contribution in [1.82, 2.24) is 19.8 Å². The Morgan fingerprint density at radius 3 is 2.83 bits per heavy atom. The summed E-state index contributed by atoms with van der Waals surface area (Å²) >= 11 is 1.77. The third-order valence-electron chi connectivity index (χ3n) is 5.00. The normalized spacial score (nSPS) is 19.1. The Morgan fingerprint density at radius 2 is 2.04 bits per heavy atom. The molecule has 24 heavy (non-hydrogen) atoms. The summed E-state index contributed by atoms with van der Waals surface area (Å²) in [5.41, 5.74) is 2.09. The Hall–Kier alpha value is -1.53. The number of aromatic nitrogens is 2. The molecule has 0 aliphatic carbocycles. The van der Waals surface area contributed by atoms with E-state index < -0.39 is 0 Å². The number of thioether (sulfide) groups is 1. The highest BCUT2D eigenvalue weighted by Crippen LogP contribution is 2.27. The number of hydrogen-bond acceptors (Lipinski definition) is 4. The van der Waals surface area contributed by atoms with Gasteiger partial charge in [0.05, 0.1) is 22.7 Å². The number of nitrogens with one attached hydrogen (secondary N) is 1. The maximum atomic E-state index is 12.2. The number of benzene rings is 1. The van der Waals surface area contributed by atoms with Crippen LogP contribution < -0.4 is 0 Å². The summed E-state index contributed by atoms with van der Waals surface area (Å²) in [5.74, 6) is 3.32. The molecule has 4 rings (SSSR count). The van der Waals surface area contributed by atoms with Gasteiger partial charge >= 0.3 is 0 Å². The first-order chi connectivity index (χ1) is 11.8. The number of fused-ring (bicyclic) bond motifs is 1. The number of hydrogen-bond donors (Lipinski definition) is 1. The van der Waals surface area contributed by atoms with Gasteiger partial charge < -0.3 is 14.8 Å². The summed E-state index contributed by atoms with van der Waals surface area (Å²) in [6.45, 7) is 5.19. The van der Waals surface area contributed by atoms with Crippen molar-refractivity contribution < 1.29 is 4.79 Å². The van der Waals surface area contributed by atoms with Crippen LogP contribution in [-0.4, -0.2) is 69.9 Å². The van der Waals surface area contributed by atoms with Crippen LogP contribution in [0.3, 0.4) is 0 Å². The van der Waals surface area contributed by atoms with E-state index in [-0.39, 0.29) is 5.91 Å². The second-order valence-electron chi connectivity index (χ2n) is 6.74. The standard InChI is InChI=1S/C18H24N4OS/c23-17(13-24-10-9-21-7-3-4-8-21)22-11-14(12-22)18-19-15-5-1-2-6-16(15)20-18/h1-2,5-6,14H,3-4,7-13H2,(H,19,20). The molecule has 2 aliphatic rings. The maximum Gasteiger partial charge on any atom is 0.232 e. The average molecular weight is 344 g/mol. The predicted molar refractivity (Wildman–Crippen MR) is 98.4 cm³/mol.